The summed E-state index contributed by atoms with van der Waals surface area (Å²) in [5, 5.41) is 2.93. The lowest BCUT2D eigenvalue weighted by Crippen LogP contribution is -2.41. The molecule has 5 rings (SSSR count). The standard InChI is InChI=1S/C26H32N4O4S/c1-18-27-24-17-23(11-12-25(24)30(18)21-5-3-4-6-21)35(32,33)29-15-13-19(14-16-29)26(31)28-20-7-9-22(34-2)10-8-20/h7-12,17,19,21H,3-6,13-16H2,1-2H3,(H,28,31). The number of methoxy groups -OCH3 is 1. The molecule has 1 aliphatic carbocycles. The second-order valence-corrected chi connectivity index (χ2v) is 11.5. The van der Waals surface area contributed by atoms with Gasteiger partial charge in [0.1, 0.15) is 11.6 Å². The molecule has 0 spiro atoms. The van der Waals surface area contributed by atoms with Crippen LogP contribution in [0.25, 0.3) is 11.0 Å². The van der Waals surface area contributed by atoms with Gasteiger partial charge in [0.15, 0.2) is 0 Å². The van der Waals surface area contributed by atoms with Crippen molar-refractivity contribution in [2.75, 3.05) is 25.5 Å². The van der Waals surface area contributed by atoms with E-state index in [1.165, 1.54) is 17.1 Å². The van der Waals surface area contributed by atoms with Crippen LogP contribution in [0, 0.1) is 12.8 Å². The Labute approximate surface area is 206 Å². The molecule has 2 fully saturated rings. The van der Waals surface area contributed by atoms with Crippen LogP contribution in [0.3, 0.4) is 0 Å². The maximum Gasteiger partial charge on any atom is 0.243 e. The van der Waals surface area contributed by atoms with Crippen molar-refractivity contribution in [3.8, 4) is 5.75 Å². The third-order valence-electron chi connectivity index (χ3n) is 7.35. The summed E-state index contributed by atoms with van der Waals surface area (Å²) in [7, 11) is -2.06. The molecule has 2 heterocycles. The maximum absolute atomic E-state index is 13.4. The van der Waals surface area contributed by atoms with Gasteiger partial charge in [0.2, 0.25) is 15.9 Å². The highest BCUT2D eigenvalue weighted by atomic mass is 32.2. The molecule has 8 nitrogen and oxygen atoms in total. The Bertz CT molecular complexity index is 1320. The number of nitrogens with one attached hydrogen (secondary N) is 1. The Kier molecular flexibility index (Phi) is 6.55. The van der Waals surface area contributed by atoms with Gasteiger partial charge in [-0.1, -0.05) is 12.8 Å². The summed E-state index contributed by atoms with van der Waals surface area (Å²) in [6.07, 6.45) is 5.72. The molecular formula is C26H32N4O4S. The predicted octanol–water partition coefficient (Wildman–Crippen LogP) is 4.51. The van der Waals surface area contributed by atoms with Gasteiger partial charge in [-0.05, 0) is 75.1 Å². The van der Waals surface area contributed by atoms with Gasteiger partial charge >= 0.3 is 0 Å². The molecule has 35 heavy (non-hydrogen) atoms. The van der Waals surface area contributed by atoms with E-state index < -0.39 is 10.0 Å². The SMILES string of the molecule is COc1ccc(NC(=O)C2CCN(S(=O)(=O)c3ccc4c(c3)nc(C)n4C3CCCC3)CC2)cc1. The summed E-state index contributed by atoms with van der Waals surface area (Å²) < 4.78 is 35.7. The number of nitrogens with zero attached hydrogens (tertiary/aromatic N) is 3. The molecule has 0 atom stereocenters. The van der Waals surface area contributed by atoms with Gasteiger partial charge in [-0.25, -0.2) is 13.4 Å². The molecule has 2 aliphatic rings. The number of rotatable bonds is 6. The van der Waals surface area contributed by atoms with Crippen LogP contribution in [0.2, 0.25) is 0 Å². The van der Waals surface area contributed by atoms with E-state index in [0.717, 1.165) is 35.4 Å². The zero-order chi connectivity index (χ0) is 24.6. The highest BCUT2D eigenvalue weighted by Gasteiger charge is 2.33. The summed E-state index contributed by atoms with van der Waals surface area (Å²) in [5.74, 6) is 1.35. The first-order chi connectivity index (χ1) is 16.9. The van der Waals surface area contributed by atoms with Crippen molar-refractivity contribution in [1.29, 1.82) is 0 Å². The van der Waals surface area contributed by atoms with Gasteiger partial charge < -0.3 is 14.6 Å². The Morgan fingerprint density at radius 3 is 2.37 bits per heavy atom. The van der Waals surface area contributed by atoms with Gasteiger partial charge in [-0.2, -0.15) is 4.31 Å². The Morgan fingerprint density at radius 2 is 1.71 bits per heavy atom. The van der Waals surface area contributed by atoms with E-state index in [0.29, 0.717) is 37.7 Å². The van der Waals surface area contributed by atoms with Gasteiger partial charge in [-0.15, -0.1) is 0 Å². The van der Waals surface area contributed by atoms with Crippen LogP contribution >= 0.6 is 0 Å². The van der Waals surface area contributed by atoms with Gasteiger partial charge in [0.25, 0.3) is 0 Å². The van der Waals surface area contributed by atoms with E-state index in [4.69, 9.17) is 4.74 Å². The minimum absolute atomic E-state index is 0.0819. The summed E-state index contributed by atoms with van der Waals surface area (Å²) >= 11 is 0. The molecule has 3 aromatic rings. The number of anilines is 1. The molecule has 9 heteroatoms. The number of carbonyl (C=O) groups is 1. The molecule has 0 unspecified atom stereocenters. The number of amides is 1. The summed E-state index contributed by atoms with van der Waals surface area (Å²) in [6, 6.07) is 12.9. The number of benzene rings is 2. The van der Waals surface area contributed by atoms with Crippen molar-refractivity contribution in [3.05, 3.63) is 48.3 Å². The van der Waals surface area contributed by atoms with Gasteiger partial charge in [0.05, 0.1) is 23.0 Å². The van der Waals surface area contributed by atoms with Crippen LogP contribution in [0.15, 0.2) is 47.4 Å². The molecule has 1 aromatic heterocycles. The van der Waals surface area contributed by atoms with Crippen LogP contribution in [0.4, 0.5) is 5.69 Å². The molecule has 186 valence electrons. The molecule has 1 N–H and O–H groups in total. The average Bonchev–Trinajstić information content (AvgIpc) is 3.50. The van der Waals surface area contributed by atoms with Crippen LogP contribution < -0.4 is 10.1 Å². The van der Waals surface area contributed by atoms with E-state index in [2.05, 4.69) is 14.9 Å². The number of carbonyl (C=O) groups excluding carboxylic acids is 1. The van der Waals surface area contributed by atoms with Crippen molar-refractivity contribution in [3.63, 3.8) is 0 Å². The molecule has 1 saturated carbocycles. The average molecular weight is 497 g/mol. The number of sulfonamides is 1. The van der Waals surface area contributed by atoms with E-state index >= 15 is 0 Å². The third-order valence-corrected chi connectivity index (χ3v) is 9.24. The highest BCUT2D eigenvalue weighted by Crippen LogP contribution is 2.34. The summed E-state index contributed by atoms with van der Waals surface area (Å²) in [5.41, 5.74) is 2.43. The zero-order valence-corrected chi connectivity index (χ0v) is 21.1. The lowest BCUT2D eigenvalue weighted by atomic mass is 9.97. The van der Waals surface area contributed by atoms with Crippen molar-refractivity contribution in [1.82, 2.24) is 13.9 Å². The minimum atomic E-state index is -3.65. The molecule has 0 bridgehead atoms. The largest absolute Gasteiger partial charge is 0.497 e. The van der Waals surface area contributed by atoms with Crippen molar-refractivity contribution < 1.29 is 17.9 Å². The number of imidazole rings is 1. The van der Waals surface area contributed by atoms with Crippen molar-refractivity contribution >= 4 is 32.7 Å². The van der Waals surface area contributed by atoms with E-state index in [1.807, 2.05) is 13.0 Å². The number of fused-ring (bicyclic) bond motifs is 1. The van der Waals surface area contributed by atoms with E-state index in [1.54, 1.807) is 43.5 Å². The monoisotopic (exact) mass is 496 g/mol. The first-order valence-corrected chi connectivity index (χ1v) is 13.7. The molecule has 2 aromatic carbocycles. The fraction of sp³-hybridized carbons (Fsp3) is 0.462. The molecular weight excluding hydrogens is 464 g/mol. The minimum Gasteiger partial charge on any atom is -0.497 e. The van der Waals surface area contributed by atoms with Gasteiger partial charge in [0, 0.05) is 30.7 Å². The second-order valence-electron chi connectivity index (χ2n) is 9.51. The van der Waals surface area contributed by atoms with Crippen LogP contribution in [0.5, 0.6) is 5.75 Å². The quantitative estimate of drug-likeness (QED) is 0.542. The van der Waals surface area contributed by atoms with E-state index in [9.17, 15) is 13.2 Å². The Hall–Kier alpha value is -2.91. The lowest BCUT2D eigenvalue weighted by Gasteiger charge is -2.30. The number of piperidine rings is 1. The van der Waals surface area contributed by atoms with E-state index in [-0.39, 0.29) is 16.7 Å². The first kappa shape index (κ1) is 23.8. The first-order valence-electron chi connectivity index (χ1n) is 12.3. The zero-order valence-electron chi connectivity index (χ0n) is 20.2. The normalized spacial score (nSPS) is 18.2. The third kappa shape index (κ3) is 4.67. The van der Waals surface area contributed by atoms with Crippen LogP contribution in [-0.4, -0.2) is 48.4 Å². The van der Waals surface area contributed by atoms with Gasteiger partial charge in [-0.3, -0.25) is 4.79 Å². The highest BCUT2D eigenvalue weighted by molar-refractivity contribution is 7.89. The van der Waals surface area contributed by atoms with Crippen LogP contribution in [0.1, 0.15) is 50.4 Å². The van der Waals surface area contributed by atoms with Crippen LogP contribution in [-0.2, 0) is 14.8 Å². The number of hydrogen-bond donors (Lipinski definition) is 1. The number of aromatic nitrogens is 2. The number of hydrogen-bond acceptors (Lipinski definition) is 5. The van der Waals surface area contributed by atoms with Crippen molar-refractivity contribution in [2.45, 2.75) is 56.4 Å². The molecule has 1 saturated heterocycles. The Balaban J connectivity index is 1.26. The summed E-state index contributed by atoms with van der Waals surface area (Å²) in [6.45, 7) is 2.63. The Morgan fingerprint density at radius 1 is 1.03 bits per heavy atom. The van der Waals surface area contributed by atoms with Crippen molar-refractivity contribution in [2.24, 2.45) is 5.92 Å². The molecule has 1 amide bonds. The molecule has 1 aliphatic heterocycles. The lowest BCUT2D eigenvalue weighted by molar-refractivity contribution is -0.120. The topological polar surface area (TPSA) is 93.5 Å². The predicted molar refractivity (Wildman–Crippen MR) is 135 cm³/mol. The number of ether oxygens (including phenoxy) is 1. The second kappa shape index (κ2) is 9.62. The fourth-order valence-electron chi connectivity index (χ4n) is 5.41. The fourth-order valence-corrected chi connectivity index (χ4v) is 6.90. The maximum atomic E-state index is 13.4. The smallest absolute Gasteiger partial charge is 0.243 e. The number of aryl methyl sites for hydroxylation is 1. The summed E-state index contributed by atoms with van der Waals surface area (Å²) in [4.78, 5) is 17.7. The molecule has 0 radical (unpaired) electrons.